The highest BCUT2D eigenvalue weighted by Gasteiger charge is 2.00. The van der Waals surface area contributed by atoms with Crippen molar-refractivity contribution in [3.05, 3.63) is 12.3 Å². The van der Waals surface area contributed by atoms with Gasteiger partial charge in [0.15, 0.2) is 5.78 Å². The fourth-order valence-corrected chi connectivity index (χ4v) is 2.21. The average molecular weight is 297 g/mol. The molecule has 0 aliphatic rings. The van der Waals surface area contributed by atoms with Crippen LogP contribution in [0.1, 0.15) is 77.6 Å². The standard InChI is InChI=1S/C17H31NO3/c1-2-14-18-15-16(19)12-10-8-6-4-3-5-7-9-11-13-17(20)21/h2,14,18H,3-13,15H2,1H3,(H,20,21). The minimum absolute atomic E-state index is 0.284. The zero-order valence-corrected chi connectivity index (χ0v) is 13.4. The van der Waals surface area contributed by atoms with Crippen molar-refractivity contribution in [2.45, 2.75) is 77.6 Å². The number of nitrogens with one attached hydrogen (secondary N) is 1. The van der Waals surface area contributed by atoms with E-state index in [1.165, 1.54) is 25.7 Å². The van der Waals surface area contributed by atoms with Gasteiger partial charge in [0.25, 0.3) is 0 Å². The van der Waals surface area contributed by atoms with Crippen LogP contribution in [0.25, 0.3) is 0 Å². The fraction of sp³-hybridized carbons (Fsp3) is 0.765. The Labute approximate surface area is 129 Å². The second kappa shape index (κ2) is 15.1. The fourth-order valence-electron chi connectivity index (χ4n) is 2.21. The lowest BCUT2D eigenvalue weighted by molar-refractivity contribution is -0.137. The molecule has 0 unspecified atom stereocenters. The maximum atomic E-state index is 11.5. The highest BCUT2D eigenvalue weighted by atomic mass is 16.4. The number of allylic oxidation sites excluding steroid dienone is 1. The third kappa shape index (κ3) is 16.6. The zero-order valence-electron chi connectivity index (χ0n) is 13.4. The minimum atomic E-state index is -0.689. The van der Waals surface area contributed by atoms with Gasteiger partial charge in [-0.3, -0.25) is 9.59 Å². The van der Waals surface area contributed by atoms with E-state index in [0.717, 1.165) is 32.1 Å². The lowest BCUT2D eigenvalue weighted by atomic mass is 10.0. The minimum Gasteiger partial charge on any atom is -0.481 e. The van der Waals surface area contributed by atoms with Crippen molar-refractivity contribution in [1.82, 2.24) is 5.32 Å². The number of rotatable bonds is 15. The zero-order chi connectivity index (χ0) is 15.8. The highest BCUT2D eigenvalue weighted by molar-refractivity contribution is 5.80. The van der Waals surface area contributed by atoms with Gasteiger partial charge in [-0.25, -0.2) is 0 Å². The van der Waals surface area contributed by atoms with Crippen molar-refractivity contribution < 1.29 is 14.7 Å². The molecular weight excluding hydrogens is 266 g/mol. The summed E-state index contributed by atoms with van der Waals surface area (Å²) in [5.41, 5.74) is 0. The Hall–Kier alpha value is -1.32. The molecule has 0 bridgehead atoms. The molecule has 0 saturated carbocycles. The van der Waals surface area contributed by atoms with Gasteiger partial charge in [-0.05, 0) is 26.0 Å². The van der Waals surface area contributed by atoms with E-state index in [9.17, 15) is 9.59 Å². The molecule has 0 aromatic carbocycles. The highest BCUT2D eigenvalue weighted by Crippen LogP contribution is 2.11. The third-order valence-electron chi connectivity index (χ3n) is 3.43. The summed E-state index contributed by atoms with van der Waals surface area (Å²) in [6.07, 6.45) is 14.6. The Morgan fingerprint density at radius 2 is 1.33 bits per heavy atom. The molecule has 4 heteroatoms. The quantitative estimate of drug-likeness (QED) is 0.447. The van der Waals surface area contributed by atoms with Crippen LogP contribution in [0.2, 0.25) is 0 Å². The molecule has 0 aromatic heterocycles. The number of carbonyl (C=O) groups excluding carboxylic acids is 1. The Kier molecular flexibility index (Phi) is 14.1. The normalized spacial score (nSPS) is 10.9. The maximum absolute atomic E-state index is 11.5. The number of aliphatic carboxylic acids is 1. The number of unbranched alkanes of at least 4 members (excludes halogenated alkanes) is 8. The first-order valence-electron chi connectivity index (χ1n) is 8.25. The van der Waals surface area contributed by atoms with E-state index in [2.05, 4.69) is 5.32 Å². The summed E-state index contributed by atoms with van der Waals surface area (Å²) in [4.78, 5) is 21.8. The largest absolute Gasteiger partial charge is 0.481 e. The summed E-state index contributed by atoms with van der Waals surface area (Å²) in [5, 5.41) is 11.5. The van der Waals surface area contributed by atoms with E-state index < -0.39 is 5.97 Å². The molecule has 0 atom stereocenters. The van der Waals surface area contributed by atoms with Gasteiger partial charge in [0.1, 0.15) is 0 Å². The van der Waals surface area contributed by atoms with Crippen molar-refractivity contribution in [3.63, 3.8) is 0 Å². The summed E-state index contributed by atoms with van der Waals surface area (Å²) in [6.45, 7) is 2.37. The summed E-state index contributed by atoms with van der Waals surface area (Å²) >= 11 is 0. The number of carboxylic acids is 1. The van der Waals surface area contributed by atoms with E-state index in [1.807, 2.05) is 13.0 Å². The molecule has 0 spiro atoms. The van der Waals surface area contributed by atoms with E-state index in [0.29, 0.717) is 19.4 Å². The summed E-state index contributed by atoms with van der Waals surface area (Å²) in [7, 11) is 0. The van der Waals surface area contributed by atoms with Crippen molar-refractivity contribution in [2.75, 3.05) is 6.54 Å². The topological polar surface area (TPSA) is 66.4 Å². The smallest absolute Gasteiger partial charge is 0.303 e. The first kappa shape index (κ1) is 19.7. The first-order chi connectivity index (χ1) is 10.2. The average Bonchev–Trinajstić information content (AvgIpc) is 2.44. The van der Waals surface area contributed by atoms with Crippen LogP contribution < -0.4 is 5.32 Å². The van der Waals surface area contributed by atoms with Crippen LogP contribution in [0.5, 0.6) is 0 Å². The van der Waals surface area contributed by atoms with Crippen LogP contribution in [0.15, 0.2) is 12.3 Å². The molecule has 0 aliphatic heterocycles. The number of carbonyl (C=O) groups is 2. The van der Waals surface area contributed by atoms with Gasteiger partial charge in [0.2, 0.25) is 0 Å². The Bertz CT molecular complexity index is 300. The van der Waals surface area contributed by atoms with Crippen molar-refractivity contribution in [1.29, 1.82) is 0 Å². The third-order valence-corrected chi connectivity index (χ3v) is 3.43. The van der Waals surface area contributed by atoms with Gasteiger partial charge < -0.3 is 10.4 Å². The summed E-state index contributed by atoms with van der Waals surface area (Å²) < 4.78 is 0. The molecule has 0 aliphatic carbocycles. The lowest BCUT2D eigenvalue weighted by Gasteiger charge is -2.03. The Morgan fingerprint density at radius 1 is 0.857 bits per heavy atom. The predicted molar refractivity (Wildman–Crippen MR) is 86.2 cm³/mol. The van der Waals surface area contributed by atoms with Gasteiger partial charge in [0.05, 0.1) is 6.54 Å². The number of hydrogen-bond donors (Lipinski definition) is 2. The molecule has 122 valence electrons. The molecule has 0 radical (unpaired) electrons. The predicted octanol–water partition coefficient (Wildman–Crippen LogP) is 4.05. The molecule has 0 saturated heterocycles. The molecule has 0 fully saturated rings. The molecular formula is C17H31NO3. The summed E-state index contributed by atoms with van der Waals surface area (Å²) in [6, 6.07) is 0. The number of Topliss-reactive ketones (excluding diaryl/α,β-unsaturated/α-hetero) is 1. The molecule has 0 heterocycles. The molecule has 0 amide bonds. The van der Waals surface area contributed by atoms with Gasteiger partial charge >= 0.3 is 5.97 Å². The van der Waals surface area contributed by atoms with Crippen molar-refractivity contribution in [2.24, 2.45) is 0 Å². The first-order valence-corrected chi connectivity index (χ1v) is 8.25. The van der Waals surface area contributed by atoms with E-state index in [4.69, 9.17) is 5.11 Å². The van der Waals surface area contributed by atoms with Crippen LogP contribution in [-0.4, -0.2) is 23.4 Å². The lowest BCUT2D eigenvalue weighted by Crippen LogP contribution is -2.17. The van der Waals surface area contributed by atoms with Crippen LogP contribution >= 0.6 is 0 Å². The van der Waals surface area contributed by atoms with E-state index in [1.54, 1.807) is 6.20 Å². The Balaban J connectivity index is 3.15. The van der Waals surface area contributed by atoms with Crippen LogP contribution in [0.3, 0.4) is 0 Å². The van der Waals surface area contributed by atoms with Gasteiger partial charge in [-0.1, -0.05) is 51.0 Å². The van der Waals surface area contributed by atoms with E-state index >= 15 is 0 Å². The maximum Gasteiger partial charge on any atom is 0.303 e. The van der Waals surface area contributed by atoms with Crippen molar-refractivity contribution >= 4 is 11.8 Å². The molecule has 2 N–H and O–H groups in total. The number of carboxylic acid groups (broad SMARTS) is 1. The van der Waals surface area contributed by atoms with Crippen LogP contribution in [0.4, 0.5) is 0 Å². The monoisotopic (exact) mass is 297 g/mol. The van der Waals surface area contributed by atoms with Crippen LogP contribution in [-0.2, 0) is 9.59 Å². The van der Waals surface area contributed by atoms with E-state index in [-0.39, 0.29) is 5.78 Å². The summed E-state index contributed by atoms with van der Waals surface area (Å²) in [5.74, 6) is -0.406. The second-order valence-electron chi connectivity index (χ2n) is 5.50. The van der Waals surface area contributed by atoms with Crippen LogP contribution in [0, 0.1) is 0 Å². The second-order valence-corrected chi connectivity index (χ2v) is 5.50. The molecule has 4 nitrogen and oxygen atoms in total. The van der Waals surface area contributed by atoms with Crippen molar-refractivity contribution in [3.8, 4) is 0 Å². The van der Waals surface area contributed by atoms with Gasteiger partial charge in [-0.2, -0.15) is 0 Å². The molecule has 0 rings (SSSR count). The number of ketones is 1. The van der Waals surface area contributed by atoms with Gasteiger partial charge in [-0.15, -0.1) is 0 Å². The SMILES string of the molecule is CC=CNCC(=O)CCCCCCCCCCCC(=O)O. The Morgan fingerprint density at radius 3 is 1.81 bits per heavy atom. The van der Waals surface area contributed by atoms with Gasteiger partial charge in [0, 0.05) is 12.8 Å². The molecule has 21 heavy (non-hydrogen) atoms. The number of hydrogen-bond acceptors (Lipinski definition) is 3. The molecule has 0 aromatic rings.